The molecule has 1 N–H and O–H groups in total. The van der Waals surface area contributed by atoms with Crippen LogP contribution in [0.5, 0.6) is 0 Å². The van der Waals surface area contributed by atoms with E-state index >= 15 is 0 Å². The summed E-state index contributed by atoms with van der Waals surface area (Å²) in [6.07, 6.45) is 2.05. The molecule has 0 bridgehead atoms. The minimum Gasteiger partial charge on any atom is -0.369 e. The molecule has 0 amide bonds. The Bertz CT molecular complexity index is 637. The van der Waals surface area contributed by atoms with Crippen molar-refractivity contribution in [3.8, 4) is 17.3 Å². The largest absolute Gasteiger partial charge is 0.369 e. The van der Waals surface area contributed by atoms with Gasteiger partial charge in [-0.2, -0.15) is 5.26 Å². The number of anilines is 1. The van der Waals surface area contributed by atoms with E-state index in [-0.39, 0.29) is 0 Å². The van der Waals surface area contributed by atoms with Crippen molar-refractivity contribution in [1.82, 2.24) is 4.98 Å². The molecule has 0 aliphatic heterocycles. The lowest BCUT2D eigenvalue weighted by molar-refractivity contribution is 0.945. The smallest absolute Gasteiger partial charge is 0.144 e. The van der Waals surface area contributed by atoms with Crippen molar-refractivity contribution < 1.29 is 0 Å². The van der Waals surface area contributed by atoms with Crippen molar-refractivity contribution in [2.45, 2.75) is 19.8 Å². The molecule has 2 aromatic rings. The highest BCUT2D eigenvalue weighted by Crippen LogP contribution is 2.36. The molecule has 0 saturated heterocycles. The standard InChI is InChI=1S/C14H13N3S/c1-2-16-14-10(8-15)7-9-3-4-12-11(5-6-18-12)13(9)17-14/h5-7H,2-4H2,1H3,(H,16,17). The van der Waals surface area contributed by atoms with Gasteiger partial charge < -0.3 is 5.32 Å². The van der Waals surface area contributed by atoms with Crippen molar-refractivity contribution in [2.24, 2.45) is 0 Å². The van der Waals surface area contributed by atoms with Gasteiger partial charge in [0.15, 0.2) is 0 Å². The SMILES string of the molecule is CCNc1nc2c(cc1C#N)CCc1sccc1-2. The van der Waals surface area contributed by atoms with Gasteiger partial charge in [-0.15, -0.1) is 11.3 Å². The Labute approximate surface area is 110 Å². The van der Waals surface area contributed by atoms with Gasteiger partial charge in [0, 0.05) is 17.0 Å². The van der Waals surface area contributed by atoms with E-state index in [1.165, 1.54) is 16.0 Å². The Kier molecular flexibility index (Phi) is 2.77. The third kappa shape index (κ3) is 1.68. The van der Waals surface area contributed by atoms with E-state index < -0.39 is 0 Å². The Morgan fingerprint density at radius 3 is 3.17 bits per heavy atom. The van der Waals surface area contributed by atoms with Crippen LogP contribution in [-0.4, -0.2) is 11.5 Å². The van der Waals surface area contributed by atoms with Gasteiger partial charge in [0.25, 0.3) is 0 Å². The molecular weight excluding hydrogens is 242 g/mol. The van der Waals surface area contributed by atoms with Crippen molar-refractivity contribution in [1.29, 1.82) is 5.26 Å². The second kappa shape index (κ2) is 4.43. The fourth-order valence-corrected chi connectivity index (χ4v) is 3.24. The third-order valence-corrected chi connectivity index (χ3v) is 4.17. The summed E-state index contributed by atoms with van der Waals surface area (Å²) < 4.78 is 0. The number of pyridine rings is 1. The molecule has 90 valence electrons. The second-order valence-corrected chi connectivity index (χ2v) is 5.29. The van der Waals surface area contributed by atoms with Crippen LogP contribution in [0.1, 0.15) is 22.9 Å². The number of hydrogen-bond donors (Lipinski definition) is 1. The van der Waals surface area contributed by atoms with E-state index in [0.29, 0.717) is 11.4 Å². The van der Waals surface area contributed by atoms with Crippen LogP contribution in [0.4, 0.5) is 5.82 Å². The predicted molar refractivity (Wildman–Crippen MR) is 73.8 cm³/mol. The van der Waals surface area contributed by atoms with E-state index in [0.717, 1.165) is 25.1 Å². The number of thiophene rings is 1. The molecule has 0 atom stereocenters. The van der Waals surface area contributed by atoms with E-state index in [1.807, 2.05) is 13.0 Å². The number of nitriles is 1. The average Bonchev–Trinajstić information content (AvgIpc) is 2.87. The van der Waals surface area contributed by atoms with Crippen LogP contribution in [0.25, 0.3) is 11.3 Å². The number of aryl methyl sites for hydroxylation is 2. The molecule has 0 saturated carbocycles. The van der Waals surface area contributed by atoms with Gasteiger partial charge in [-0.25, -0.2) is 4.98 Å². The van der Waals surface area contributed by atoms with Gasteiger partial charge in [0.2, 0.25) is 0 Å². The van der Waals surface area contributed by atoms with Crippen LogP contribution in [0.2, 0.25) is 0 Å². The highest BCUT2D eigenvalue weighted by atomic mass is 32.1. The first-order chi connectivity index (χ1) is 8.83. The van der Waals surface area contributed by atoms with Crippen LogP contribution in [0, 0.1) is 11.3 Å². The van der Waals surface area contributed by atoms with E-state index in [9.17, 15) is 5.26 Å². The molecule has 1 aliphatic rings. The minimum atomic E-state index is 0.647. The van der Waals surface area contributed by atoms with Crippen molar-refractivity contribution in [2.75, 3.05) is 11.9 Å². The summed E-state index contributed by atoms with van der Waals surface area (Å²) in [5.41, 5.74) is 4.13. The van der Waals surface area contributed by atoms with Crippen molar-refractivity contribution >= 4 is 17.2 Å². The minimum absolute atomic E-state index is 0.647. The van der Waals surface area contributed by atoms with Crippen LogP contribution in [0.3, 0.4) is 0 Å². The van der Waals surface area contributed by atoms with Crippen LogP contribution < -0.4 is 5.32 Å². The first kappa shape index (κ1) is 11.2. The molecule has 0 fully saturated rings. The quantitative estimate of drug-likeness (QED) is 0.896. The summed E-state index contributed by atoms with van der Waals surface area (Å²) in [5, 5.41) is 14.5. The molecule has 4 heteroatoms. The Hall–Kier alpha value is -1.86. The topological polar surface area (TPSA) is 48.7 Å². The summed E-state index contributed by atoms with van der Waals surface area (Å²) in [6.45, 7) is 2.79. The molecule has 0 unspecified atom stereocenters. The fraction of sp³-hybridized carbons (Fsp3) is 0.286. The average molecular weight is 255 g/mol. The lowest BCUT2D eigenvalue weighted by Crippen LogP contribution is -2.08. The molecule has 0 aromatic carbocycles. The van der Waals surface area contributed by atoms with Crippen LogP contribution in [-0.2, 0) is 12.8 Å². The van der Waals surface area contributed by atoms with Gasteiger partial charge in [0.05, 0.1) is 11.3 Å². The maximum absolute atomic E-state index is 9.17. The van der Waals surface area contributed by atoms with Crippen molar-refractivity contribution in [3.05, 3.63) is 33.5 Å². The lowest BCUT2D eigenvalue weighted by atomic mass is 9.94. The highest BCUT2D eigenvalue weighted by molar-refractivity contribution is 7.10. The number of fused-ring (bicyclic) bond motifs is 3. The number of hydrogen-bond acceptors (Lipinski definition) is 4. The number of nitrogens with one attached hydrogen (secondary N) is 1. The summed E-state index contributed by atoms with van der Waals surface area (Å²) in [4.78, 5) is 6.07. The molecular formula is C14H13N3S. The molecule has 18 heavy (non-hydrogen) atoms. The van der Waals surface area contributed by atoms with Gasteiger partial charge >= 0.3 is 0 Å². The normalized spacial score (nSPS) is 12.4. The number of aromatic nitrogens is 1. The zero-order valence-corrected chi connectivity index (χ0v) is 11.0. The molecule has 2 aromatic heterocycles. The van der Waals surface area contributed by atoms with Crippen molar-refractivity contribution in [3.63, 3.8) is 0 Å². The molecule has 0 spiro atoms. The fourth-order valence-electron chi connectivity index (χ4n) is 2.36. The van der Waals surface area contributed by atoms with E-state index in [2.05, 4.69) is 27.8 Å². The summed E-state index contributed by atoms with van der Waals surface area (Å²) >= 11 is 1.79. The zero-order valence-electron chi connectivity index (χ0n) is 10.2. The van der Waals surface area contributed by atoms with Crippen LogP contribution in [0.15, 0.2) is 17.5 Å². The Morgan fingerprint density at radius 1 is 1.50 bits per heavy atom. The molecule has 1 aliphatic carbocycles. The maximum atomic E-state index is 9.17. The Morgan fingerprint density at radius 2 is 2.39 bits per heavy atom. The molecule has 3 nitrogen and oxygen atoms in total. The predicted octanol–water partition coefficient (Wildman–Crippen LogP) is 3.21. The summed E-state index contributed by atoms with van der Waals surface area (Å²) in [5.74, 6) is 0.706. The van der Waals surface area contributed by atoms with Gasteiger partial charge in [-0.3, -0.25) is 0 Å². The van der Waals surface area contributed by atoms with Gasteiger partial charge in [-0.1, -0.05) is 0 Å². The van der Waals surface area contributed by atoms with Gasteiger partial charge in [0.1, 0.15) is 11.9 Å². The number of rotatable bonds is 2. The second-order valence-electron chi connectivity index (χ2n) is 4.29. The van der Waals surface area contributed by atoms with Crippen LogP contribution >= 0.6 is 11.3 Å². The highest BCUT2D eigenvalue weighted by Gasteiger charge is 2.20. The summed E-state index contributed by atoms with van der Waals surface area (Å²) in [6, 6.07) is 6.34. The lowest BCUT2D eigenvalue weighted by Gasteiger charge is -2.17. The molecule has 3 rings (SSSR count). The Balaban J connectivity index is 2.18. The molecule has 2 heterocycles. The van der Waals surface area contributed by atoms with E-state index in [1.54, 1.807) is 11.3 Å². The summed E-state index contributed by atoms with van der Waals surface area (Å²) in [7, 11) is 0. The first-order valence-corrected chi connectivity index (χ1v) is 6.96. The number of nitrogens with zero attached hydrogens (tertiary/aromatic N) is 2. The molecule has 0 radical (unpaired) electrons. The maximum Gasteiger partial charge on any atom is 0.144 e. The first-order valence-electron chi connectivity index (χ1n) is 6.08. The third-order valence-electron chi connectivity index (χ3n) is 3.19. The zero-order chi connectivity index (χ0) is 12.5. The monoisotopic (exact) mass is 255 g/mol. The van der Waals surface area contributed by atoms with E-state index in [4.69, 9.17) is 0 Å². The van der Waals surface area contributed by atoms with Gasteiger partial charge in [-0.05, 0) is 42.8 Å².